The van der Waals surface area contributed by atoms with Crippen molar-refractivity contribution in [2.24, 2.45) is 0 Å². The van der Waals surface area contributed by atoms with E-state index in [1.165, 1.54) is 22.9 Å². The van der Waals surface area contributed by atoms with Crippen LogP contribution in [0.2, 0.25) is 0 Å². The lowest BCUT2D eigenvalue weighted by atomic mass is 10.3. The van der Waals surface area contributed by atoms with E-state index in [4.69, 9.17) is 4.55 Å². The van der Waals surface area contributed by atoms with E-state index in [0.717, 1.165) is 0 Å². The van der Waals surface area contributed by atoms with Crippen LogP contribution in [0.1, 0.15) is 0 Å². The van der Waals surface area contributed by atoms with E-state index in [2.05, 4.69) is 28.2 Å². The lowest BCUT2D eigenvalue weighted by Gasteiger charge is -2.02. The monoisotopic (exact) mass is 276 g/mol. The van der Waals surface area contributed by atoms with Gasteiger partial charge in [-0.15, -0.1) is 17.7 Å². The molecule has 0 atom stereocenters. The van der Waals surface area contributed by atoms with Gasteiger partial charge in [0, 0.05) is 0 Å². The molecule has 0 aliphatic carbocycles. The summed E-state index contributed by atoms with van der Waals surface area (Å²) in [6.07, 6.45) is 0. The minimum atomic E-state index is -4.24. The normalized spacial score (nSPS) is 10.9. The standard InChI is InChI=1S/C7H6N4O3S2.H2O/c12-16(13,14)6-3-1-2-5(4-6)11-7(15)8-9-10-11;/h1-4H,(H,8,10,15)(H,12,13,14);1H2. The van der Waals surface area contributed by atoms with Crippen LogP contribution in [-0.4, -0.2) is 38.7 Å². The second kappa shape index (κ2) is 4.79. The Morgan fingerprint density at radius 3 is 2.59 bits per heavy atom. The fourth-order valence-electron chi connectivity index (χ4n) is 1.13. The first-order chi connectivity index (χ1) is 7.48. The average Bonchev–Trinajstić information content (AvgIpc) is 2.63. The van der Waals surface area contributed by atoms with Crippen LogP contribution >= 0.6 is 12.6 Å². The molecule has 10 heteroatoms. The van der Waals surface area contributed by atoms with Crippen molar-refractivity contribution in [2.45, 2.75) is 10.1 Å². The zero-order valence-corrected chi connectivity index (χ0v) is 9.93. The van der Waals surface area contributed by atoms with Gasteiger partial charge in [-0.1, -0.05) is 6.07 Å². The number of benzene rings is 1. The van der Waals surface area contributed by atoms with Crippen LogP contribution in [0.15, 0.2) is 34.3 Å². The summed E-state index contributed by atoms with van der Waals surface area (Å²) in [6, 6.07) is 5.56. The molecule has 0 bridgehead atoms. The number of aromatic nitrogens is 4. The molecule has 92 valence electrons. The maximum absolute atomic E-state index is 10.9. The first-order valence-corrected chi connectivity index (χ1v) is 5.92. The topological polar surface area (TPSA) is 129 Å². The minimum Gasteiger partial charge on any atom is -0.412 e. The molecule has 1 aromatic carbocycles. The highest BCUT2D eigenvalue weighted by molar-refractivity contribution is 7.85. The van der Waals surface area contributed by atoms with Crippen molar-refractivity contribution in [3.05, 3.63) is 24.3 Å². The number of rotatable bonds is 2. The Morgan fingerprint density at radius 2 is 2.06 bits per heavy atom. The van der Waals surface area contributed by atoms with Crippen molar-refractivity contribution in [1.29, 1.82) is 0 Å². The summed E-state index contributed by atoms with van der Waals surface area (Å²) < 4.78 is 31.9. The van der Waals surface area contributed by atoms with Crippen molar-refractivity contribution >= 4 is 22.7 Å². The molecule has 0 spiro atoms. The Morgan fingerprint density at radius 1 is 1.35 bits per heavy atom. The van der Waals surface area contributed by atoms with E-state index in [1.807, 2.05) is 0 Å². The SMILES string of the molecule is O.O=S(=O)(O)c1cccc(-n2nnnc2S)c1. The van der Waals surface area contributed by atoms with Crippen LogP contribution < -0.4 is 0 Å². The summed E-state index contributed by atoms with van der Waals surface area (Å²) in [7, 11) is -4.24. The van der Waals surface area contributed by atoms with E-state index < -0.39 is 10.1 Å². The quantitative estimate of drug-likeness (QED) is 0.555. The van der Waals surface area contributed by atoms with Gasteiger partial charge in [0.15, 0.2) is 0 Å². The molecule has 17 heavy (non-hydrogen) atoms. The Bertz CT molecular complexity index is 624. The first-order valence-electron chi connectivity index (χ1n) is 4.04. The molecule has 0 saturated carbocycles. The number of thiol groups is 1. The molecule has 0 aliphatic heterocycles. The average molecular weight is 276 g/mol. The highest BCUT2D eigenvalue weighted by atomic mass is 32.2. The van der Waals surface area contributed by atoms with Gasteiger partial charge in [0.05, 0.1) is 10.6 Å². The molecule has 2 aromatic rings. The molecule has 3 N–H and O–H groups in total. The van der Waals surface area contributed by atoms with Crippen molar-refractivity contribution in [3.8, 4) is 5.69 Å². The highest BCUT2D eigenvalue weighted by Crippen LogP contribution is 2.15. The molecule has 1 heterocycles. The zero-order chi connectivity index (χ0) is 11.8. The maximum atomic E-state index is 10.9. The van der Waals surface area contributed by atoms with E-state index in [1.54, 1.807) is 6.07 Å². The van der Waals surface area contributed by atoms with Gasteiger partial charge in [-0.3, -0.25) is 4.55 Å². The van der Waals surface area contributed by atoms with E-state index in [-0.39, 0.29) is 15.5 Å². The van der Waals surface area contributed by atoms with Crippen LogP contribution in [0.3, 0.4) is 0 Å². The van der Waals surface area contributed by atoms with E-state index >= 15 is 0 Å². The summed E-state index contributed by atoms with van der Waals surface area (Å²) in [5.74, 6) is 0. The Labute approximate surface area is 102 Å². The second-order valence-electron chi connectivity index (χ2n) is 2.86. The van der Waals surface area contributed by atoms with Gasteiger partial charge in [0.2, 0.25) is 5.16 Å². The number of nitrogens with zero attached hydrogens (tertiary/aromatic N) is 4. The van der Waals surface area contributed by atoms with Crippen LogP contribution in [0, 0.1) is 0 Å². The smallest absolute Gasteiger partial charge is 0.294 e. The Kier molecular flexibility index (Phi) is 3.83. The van der Waals surface area contributed by atoms with E-state index in [0.29, 0.717) is 5.69 Å². The number of tetrazole rings is 1. The number of hydrogen-bond donors (Lipinski definition) is 2. The fourth-order valence-corrected chi connectivity index (χ4v) is 1.84. The molecule has 0 aliphatic rings. The molecule has 0 unspecified atom stereocenters. The van der Waals surface area contributed by atoms with Gasteiger partial charge < -0.3 is 5.48 Å². The molecule has 0 fully saturated rings. The predicted molar refractivity (Wildman–Crippen MR) is 59.8 cm³/mol. The maximum Gasteiger partial charge on any atom is 0.294 e. The van der Waals surface area contributed by atoms with Crippen molar-refractivity contribution < 1.29 is 18.4 Å². The van der Waals surface area contributed by atoms with Crippen LogP contribution in [0.5, 0.6) is 0 Å². The van der Waals surface area contributed by atoms with E-state index in [9.17, 15) is 8.42 Å². The third kappa shape index (κ3) is 2.79. The third-order valence-electron chi connectivity index (χ3n) is 1.81. The van der Waals surface area contributed by atoms with Gasteiger partial charge in [-0.2, -0.15) is 13.1 Å². The van der Waals surface area contributed by atoms with Gasteiger partial charge >= 0.3 is 0 Å². The molecular formula is C7H8N4O4S2. The summed E-state index contributed by atoms with van der Waals surface area (Å²) in [5, 5.41) is 10.7. The van der Waals surface area contributed by atoms with Crippen molar-refractivity contribution in [3.63, 3.8) is 0 Å². The lowest BCUT2D eigenvalue weighted by molar-refractivity contribution is 0.483. The largest absolute Gasteiger partial charge is 0.412 e. The Hall–Kier alpha value is -1.49. The predicted octanol–water partition coefficient (Wildman–Crippen LogP) is -0.627. The zero-order valence-electron chi connectivity index (χ0n) is 8.22. The summed E-state index contributed by atoms with van der Waals surface area (Å²) in [6.45, 7) is 0. The van der Waals surface area contributed by atoms with Gasteiger partial charge in [-0.05, 0) is 28.6 Å². The Balaban J connectivity index is 0.00000144. The third-order valence-corrected chi connectivity index (χ3v) is 2.94. The van der Waals surface area contributed by atoms with Gasteiger partial charge in [-0.25, -0.2) is 0 Å². The summed E-state index contributed by atoms with van der Waals surface area (Å²) in [4.78, 5) is -0.228. The van der Waals surface area contributed by atoms with Crippen LogP contribution in [0.25, 0.3) is 5.69 Å². The molecule has 0 saturated heterocycles. The van der Waals surface area contributed by atoms with Gasteiger partial charge in [0.1, 0.15) is 0 Å². The fraction of sp³-hybridized carbons (Fsp3) is 0. The number of hydrogen-bond acceptors (Lipinski definition) is 6. The van der Waals surface area contributed by atoms with Crippen molar-refractivity contribution in [1.82, 2.24) is 20.2 Å². The molecule has 8 nitrogen and oxygen atoms in total. The molecule has 0 amide bonds. The first kappa shape index (κ1) is 13.6. The summed E-state index contributed by atoms with van der Waals surface area (Å²) in [5.41, 5.74) is 0.394. The van der Waals surface area contributed by atoms with Gasteiger partial charge in [0.25, 0.3) is 10.1 Å². The van der Waals surface area contributed by atoms with Crippen molar-refractivity contribution in [2.75, 3.05) is 0 Å². The highest BCUT2D eigenvalue weighted by Gasteiger charge is 2.11. The summed E-state index contributed by atoms with van der Waals surface area (Å²) >= 11 is 3.98. The molecular weight excluding hydrogens is 268 g/mol. The van der Waals surface area contributed by atoms with Crippen LogP contribution in [-0.2, 0) is 10.1 Å². The molecule has 0 radical (unpaired) electrons. The second-order valence-corrected chi connectivity index (χ2v) is 4.68. The van der Waals surface area contributed by atoms with Crippen LogP contribution in [0.4, 0.5) is 0 Å². The molecule has 1 aromatic heterocycles. The minimum absolute atomic E-state index is 0. The molecule has 2 rings (SSSR count). The lowest BCUT2D eigenvalue weighted by Crippen LogP contribution is -2.02.